The molecule has 5 heteroatoms. The minimum Gasteiger partial charge on any atom is -0.478 e. The Kier molecular flexibility index (Phi) is 3.09. The number of ketones is 1. The van der Waals surface area contributed by atoms with Crippen LogP contribution in [0.2, 0.25) is 0 Å². The third kappa shape index (κ3) is 2.38. The number of furan rings is 1. The van der Waals surface area contributed by atoms with Gasteiger partial charge in [0.2, 0.25) is 5.78 Å². The molecular weight excluding hydrogens is 318 g/mol. The molecule has 0 N–H and O–H groups in total. The van der Waals surface area contributed by atoms with Crippen molar-refractivity contribution < 1.29 is 18.7 Å². The highest BCUT2D eigenvalue weighted by atomic mass is 16.5. The lowest BCUT2D eigenvalue weighted by atomic mass is 9.99. The fraction of sp³-hybridized carbons (Fsp3) is 0.350. The standard InChI is InChI=1S/C20H19NO4/c1-11-7-16-15(9-21(10-23-16)13-4-5-13)20-18(11)19(22)17(25-20)8-14-6-3-12(2)24-14/h3,6-8,13H,4-5,9-10H2,1-2H3/b17-8-. The number of hydrogen-bond donors (Lipinski definition) is 0. The van der Waals surface area contributed by atoms with Crippen molar-refractivity contribution in [3.63, 3.8) is 0 Å². The van der Waals surface area contributed by atoms with Gasteiger partial charge in [0, 0.05) is 18.7 Å². The second-order valence-electron chi connectivity index (χ2n) is 7.01. The minimum absolute atomic E-state index is 0.0899. The highest BCUT2D eigenvalue weighted by Gasteiger charge is 2.38. The van der Waals surface area contributed by atoms with E-state index in [4.69, 9.17) is 13.9 Å². The van der Waals surface area contributed by atoms with Crippen LogP contribution in [-0.4, -0.2) is 23.5 Å². The molecule has 0 atom stereocenters. The van der Waals surface area contributed by atoms with E-state index in [1.54, 1.807) is 6.08 Å². The molecule has 1 aliphatic carbocycles. The molecule has 1 aromatic heterocycles. The van der Waals surface area contributed by atoms with Gasteiger partial charge in [-0.15, -0.1) is 0 Å². The Hall–Kier alpha value is -2.53. The first-order valence-electron chi connectivity index (χ1n) is 8.64. The van der Waals surface area contributed by atoms with Gasteiger partial charge in [0.25, 0.3) is 0 Å². The van der Waals surface area contributed by atoms with Gasteiger partial charge in [-0.1, -0.05) is 0 Å². The molecule has 0 saturated heterocycles. The van der Waals surface area contributed by atoms with Gasteiger partial charge in [-0.2, -0.15) is 0 Å². The van der Waals surface area contributed by atoms with E-state index in [0.717, 1.165) is 29.2 Å². The van der Waals surface area contributed by atoms with Crippen molar-refractivity contribution in [2.24, 2.45) is 0 Å². The van der Waals surface area contributed by atoms with Gasteiger partial charge in [0.05, 0.1) is 11.1 Å². The van der Waals surface area contributed by atoms with Gasteiger partial charge in [-0.3, -0.25) is 9.69 Å². The number of nitrogens with zero attached hydrogens (tertiary/aromatic N) is 1. The van der Waals surface area contributed by atoms with Gasteiger partial charge in [-0.25, -0.2) is 0 Å². The maximum absolute atomic E-state index is 12.9. The number of ether oxygens (including phenoxy) is 2. The van der Waals surface area contributed by atoms with Crippen molar-refractivity contribution >= 4 is 11.9 Å². The summed E-state index contributed by atoms with van der Waals surface area (Å²) in [5.74, 6) is 3.13. The first-order valence-corrected chi connectivity index (χ1v) is 8.64. The molecule has 1 aromatic carbocycles. The zero-order valence-corrected chi connectivity index (χ0v) is 14.3. The Morgan fingerprint density at radius 2 is 2.08 bits per heavy atom. The van der Waals surface area contributed by atoms with Crippen LogP contribution in [0, 0.1) is 13.8 Å². The summed E-state index contributed by atoms with van der Waals surface area (Å²) in [5, 5.41) is 0. The highest BCUT2D eigenvalue weighted by molar-refractivity contribution is 6.15. The van der Waals surface area contributed by atoms with E-state index in [-0.39, 0.29) is 5.78 Å². The van der Waals surface area contributed by atoms with Crippen molar-refractivity contribution in [2.75, 3.05) is 6.73 Å². The first kappa shape index (κ1) is 14.8. The van der Waals surface area contributed by atoms with Gasteiger partial charge in [0.1, 0.15) is 29.8 Å². The topological polar surface area (TPSA) is 51.9 Å². The lowest BCUT2D eigenvalue weighted by molar-refractivity contribution is 0.0867. The predicted octanol–water partition coefficient (Wildman–Crippen LogP) is 3.83. The summed E-state index contributed by atoms with van der Waals surface area (Å²) >= 11 is 0. The molecule has 0 radical (unpaired) electrons. The Morgan fingerprint density at radius 3 is 2.80 bits per heavy atom. The molecule has 2 aliphatic heterocycles. The second-order valence-corrected chi connectivity index (χ2v) is 7.01. The largest absolute Gasteiger partial charge is 0.478 e. The van der Waals surface area contributed by atoms with E-state index < -0.39 is 0 Å². The Bertz CT molecular complexity index is 920. The van der Waals surface area contributed by atoms with Gasteiger partial charge in [0.15, 0.2) is 5.76 Å². The zero-order valence-electron chi connectivity index (χ0n) is 14.3. The number of Topliss-reactive ketones (excluding diaryl/α,β-unsaturated/α-hetero) is 1. The maximum atomic E-state index is 12.9. The molecular formula is C20H19NO4. The number of rotatable bonds is 2. The molecule has 0 unspecified atom stereocenters. The van der Waals surface area contributed by atoms with Crippen molar-refractivity contribution in [1.29, 1.82) is 0 Å². The quantitative estimate of drug-likeness (QED) is 0.780. The SMILES string of the molecule is Cc1ccc(/C=C2\Oc3c4c(cc(C)c3C2=O)OCN(C2CC2)C4)o1. The fourth-order valence-electron chi connectivity index (χ4n) is 3.58. The van der Waals surface area contributed by atoms with E-state index in [1.165, 1.54) is 12.8 Å². The van der Waals surface area contributed by atoms with Crippen molar-refractivity contribution in [1.82, 2.24) is 4.90 Å². The smallest absolute Gasteiger partial charge is 0.232 e. The van der Waals surface area contributed by atoms with Crippen LogP contribution in [0.25, 0.3) is 6.08 Å². The van der Waals surface area contributed by atoms with Crippen LogP contribution in [0.15, 0.2) is 28.4 Å². The molecule has 0 bridgehead atoms. The molecule has 0 spiro atoms. The van der Waals surface area contributed by atoms with E-state index in [1.807, 2.05) is 32.0 Å². The van der Waals surface area contributed by atoms with Gasteiger partial charge in [-0.05, 0) is 50.5 Å². The molecule has 0 amide bonds. The average Bonchev–Trinajstić information content (AvgIpc) is 3.28. The van der Waals surface area contributed by atoms with Crippen LogP contribution < -0.4 is 9.47 Å². The zero-order chi connectivity index (χ0) is 17.1. The third-order valence-corrected chi connectivity index (χ3v) is 5.05. The summed E-state index contributed by atoms with van der Waals surface area (Å²) in [7, 11) is 0. The molecule has 3 heterocycles. The second kappa shape index (κ2) is 5.23. The van der Waals surface area contributed by atoms with Crippen molar-refractivity contribution in [3.05, 3.63) is 52.2 Å². The molecule has 3 aliphatic rings. The normalized spacial score (nSPS) is 21.0. The Morgan fingerprint density at radius 1 is 1.24 bits per heavy atom. The number of aryl methyl sites for hydroxylation is 2. The van der Waals surface area contributed by atoms with Crippen LogP contribution in [0.1, 0.15) is 45.8 Å². The molecule has 128 valence electrons. The monoisotopic (exact) mass is 337 g/mol. The predicted molar refractivity (Wildman–Crippen MR) is 91.6 cm³/mol. The maximum Gasteiger partial charge on any atom is 0.232 e. The van der Waals surface area contributed by atoms with E-state index in [2.05, 4.69) is 4.90 Å². The summed E-state index contributed by atoms with van der Waals surface area (Å²) in [5.41, 5.74) is 2.51. The van der Waals surface area contributed by atoms with Crippen molar-refractivity contribution in [3.8, 4) is 11.5 Å². The van der Waals surface area contributed by atoms with E-state index in [0.29, 0.717) is 35.6 Å². The third-order valence-electron chi connectivity index (χ3n) is 5.05. The lowest BCUT2D eigenvalue weighted by Gasteiger charge is -2.30. The Labute approximate surface area is 145 Å². The minimum atomic E-state index is -0.0899. The summed E-state index contributed by atoms with van der Waals surface area (Å²) < 4.78 is 17.5. The number of carbonyl (C=O) groups is 1. The number of fused-ring (bicyclic) bond motifs is 3. The fourth-order valence-corrected chi connectivity index (χ4v) is 3.58. The van der Waals surface area contributed by atoms with Crippen LogP contribution >= 0.6 is 0 Å². The molecule has 25 heavy (non-hydrogen) atoms. The number of allylic oxidation sites excluding steroid dienone is 1. The lowest BCUT2D eigenvalue weighted by Crippen LogP contribution is -2.34. The van der Waals surface area contributed by atoms with E-state index >= 15 is 0 Å². The number of hydrogen-bond acceptors (Lipinski definition) is 5. The molecule has 5 rings (SSSR count). The van der Waals surface area contributed by atoms with Crippen LogP contribution in [0.4, 0.5) is 0 Å². The summed E-state index contributed by atoms with van der Waals surface area (Å²) in [4.78, 5) is 15.2. The van der Waals surface area contributed by atoms with Crippen LogP contribution in [0.3, 0.4) is 0 Å². The number of carbonyl (C=O) groups excluding carboxylic acids is 1. The molecule has 1 fully saturated rings. The molecule has 1 saturated carbocycles. The molecule has 2 aromatic rings. The summed E-state index contributed by atoms with van der Waals surface area (Å²) in [6, 6.07) is 6.26. The number of benzene rings is 1. The van der Waals surface area contributed by atoms with Crippen LogP contribution in [-0.2, 0) is 6.54 Å². The van der Waals surface area contributed by atoms with Gasteiger partial charge >= 0.3 is 0 Å². The van der Waals surface area contributed by atoms with E-state index in [9.17, 15) is 4.79 Å². The average molecular weight is 337 g/mol. The first-order chi connectivity index (χ1) is 12.1. The summed E-state index contributed by atoms with van der Waals surface area (Å²) in [6.07, 6.45) is 4.11. The molecule has 5 nitrogen and oxygen atoms in total. The van der Waals surface area contributed by atoms with Crippen LogP contribution in [0.5, 0.6) is 11.5 Å². The van der Waals surface area contributed by atoms with Gasteiger partial charge < -0.3 is 13.9 Å². The summed E-state index contributed by atoms with van der Waals surface area (Å²) in [6.45, 7) is 5.18. The Balaban J connectivity index is 1.56. The van der Waals surface area contributed by atoms with Crippen molar-refractivity contribution in [2.45, 2.75) is 39.3 Å². The highest BCUT2D eigenvalue weighted by Crippen LogP contribution is 2.45.